The summed E-state index contributed by atoms with van der Waals surface area (Å²) in [6.07, 6.45) is 7.32. The van der Waals surface area contributed by atoms with E-state index >= 15 is 0 Å². The van der Waals surface area contributed by atoms with Gasteiger partial charge in [0.25, 0.3) is 0 Å². The zero-order valence-electron chi connectivity index (χ0n) is 16.0. The van der Waals surface area contributed by atoms with E-state index < -0.39 is 0 Å². The monoisotopic (exact) mass is 367 g/mol. The first-order valence-electron chi connectivity index (χ1n) is 8.34. The van der Waals surface area contributed by atoms with Gasteiger partial charge in [0.15, 0.2) is 23.0 Å². The number of allylic oxidation sites excluding steroid dienone is 7. The number of methoxy groups -OCH3 is 3. The Morgan fingerprint density at radius 2 is 1.41 bits per heavy atom. The molecule has 140 valence electrons. The van der Waals surface area contributed by atoms with E-state index in [1.54, 1.807) is 24.3 Å². The van der Waals surface area contributed by atoms with Crippen LogP contribution in [0.4, 0.5) is 0 Å². The molecule has 0 unspecified atom stereocenters. The summed E-state index contributed by atoms with van der Waals surface area (Å²) in [5, 5.41) is 12.7. The number of nitrogens with zero attached hydrogens (tertiary/aromatic N) is 1. The third-order valence-corrected chi connectivity index (χ3v) is 4.53. The third-order valence-electron chi connectivity index (χ3n) is 4.53. The number of hydrogen-bond acceptors (Lipinski definition) is 5. The second-order valence-corrected chi connectivity index (χ2v) is 6.26. The predicted octanol–water partition coefficient (Wildman–Crippen LogP) is 1.50. The van der Waals surface area contributed by atoms with Crippen molar-refractivity contribution in [1.82, 2.24) is 0 Å². The number of carbonyl (C=O) groups is 1. The maximum atomic E-state index is 12.7. The molecule has 0 bridgehead atoms. The minimum absolute atomic E-state index is 0.126. The van der Waals surface area contributed by atoms with Crippen LogP contribution in [-0.2, 0) is 4.79 Å². The number of Topliss-reactive ketones (excluding diaryl/α,β-unsaturated/α-hetero) is 1. The Balaban J connectivity index is 2.07. The first-order chi connectivity index (χ1) is 12.9. The van der Waals surface area contributed by atoms with E-state index in [-0.39, 0.29) is 22.7 Å². The molecule has 2 aliphatic rings. The second-order valence-electron chi connectivity index (χ2n) is 6.26. The lowest BCUT2D eigenvalue weighted by Crippen LogP contribution is -2.30. The molecule has 0 radical (unpaired) electrons. The van der Waals surface area contributed by atoms with Crippen molar-refractivity contribution in [2.75, 3.05) is 35.4 Å². The second kappa shape index (κ2) is 7.15. The lowest BCUT2D eigenvalue weighted by molar-refractivity contribution is -0.462. The molecule has 6 heteroatoms. The molecule has 6 nitrogen and oxygen atoms in total. The maximum Gasteiger partial charge on any atom is 0.203 e. The van der Waals surface area contributed by atoms with Gasteiger partial charge >= 0.3 is 0 Å². The van der Waals surface area contributed by atoms with Crippen LogP contribution in [0.3, 0.4) is 0 Å². The summed E-state index contributed by atoms with van der Waals surface area (Å²) in [5.41, 5.74) is 2.39. The Morgan fingerprint density at radius 3 is 1.81 bits per heavy atom. The lowest BCUT2D eigenvalue weighted by Gasteiger charge is -2.32. The first-order valence-corrected chi connectivity index (χ1v) is 8.34. The van der Waals surface area contributed by atoms with Crippen LogP contribution in [0.2, 0.25) is 0 Å². The molecule has 1 aromatic rings. The molecule has 0 fully saturated rings. The molecule has 0 heterocycles. The Labute approximate surface area is 158 Å². The standard InChI is InChI=1S/C21H21NO5/c1-22(2)14-8-6-12(7-9-14)17-19(23)18(20(17)24)13-10-15(25-3)21(27-5)16(11-13)26-4/h6-11H,1-5H3. The quantitative estimate of drug-likeness (QED) is 0.596. The maximum absolute atomic E-state index is 12.7. The highest BCUT2D eigenvalue weighted by atomic mass is 16.5. The first kappa shape index (κ1) is 18.5. The van der Waals surface area contributed by atoms with Gasteiger partial charge in [0.05, 0.1) is 21.3 Å². The highest BCUT2D eigenvalue weighted by molar-refractivity contribution is 6.39. The van der Waals surface area contributed by atoms with Crippen LogP contribution in [0.25, 0.3) is 5.57 Å². The largest absolute Gasteiger partial charge is 0.871 e. The Morgan fingerprint density at radius 1 is 0.852 bits per heavy atom. The molecule has 3 rings (SSSR count). The number of ketones is 1. The predicted molar refractivity (Wildman–Crippen MR) is 100 cm³/mol. The van der Waals surface area contributed by atoms with Crippen molar-refractivity contribution in [2.24, 2.45) is 0 Å². The van der Waals surface area contributed by atoms with Crippen molar-refractivity contribution < 1.29 is 28.7 Å². The number of carbonyl (C=O) groups excluding carboxylic acids is 1. The number of hydrogen-bond donors (Lipinski definition) is 0. The summed E-state index contributed by atoms with van der Waals surface area (Å²) in [7, 11) is 8.33. The molecule has 0 saturated heterocycles. The molecule has 27 heavy (non-hydrogen) atoms. The van der Waals surface area contributed by atoms with Gasteiger partial charge in [-0.3, -0.25) is 4.79 Å². The lowest BCUT2D eigenvalue weighted by atomic mass is 9.80. The van der Waals surface area contributed by atoms with Gasteiger partial charge < -0.3 is 19.3 Å². The topological polar surface area (TPSA) is 70.8 Å². The molecule has 0 aromatic heterocycles. The fraction of sp³-hybridized carbons (Fsp3) is 0.238. The summed E-state index contributed by atoms with van der Waals surface area (Å²) < 4.78 is 17.8. The summed E-state index contributed by atoms with van der Waals surface area (Å²) in [4.78, 5) is 12.7. The molecule has 1 aromatic carbocycles. The van der Waals surface area contributed by atoms with Crippen molar-refractivity contribution in [3.8, 4) is 17.2 Å². The van der Waals surface area contributed by atoms with Crippen molar-refractivity contribution >= 4 is 17.1 Å². The van der Waals surface area contributed by atoms with Crippen molar-refractivity contribution in [1.29, 1.82) is 0 Å². The van der Waals surface area contributed by atoms with Gasteiger partial charge in [0, 0.05) is 23.3 Å². The Bertz CT molecular complexity index is 929. The zero-order valence-corrected chi connectivity index (χ0v) is 16.0. The average molecular weight is 367 g/mol. The average Bonchev–Trinajstić information content (AvgIpc) is 2.67. The van der Waals surface area contributed by atoms with Crippen LogP contribution in [0, 0.1) is 0 Å². The van der Waals surface area contributed by atoms with E-state index in [4.69, 9.17) is 14.2 Å². The van der Waals surface area contributed by atoms with Crippen LogP contribution < -0.4 is 19.3 Å². The molecule has 0 amide bonds. The number of rotatable bonds is 4. The third kappa shape index (κ3) is 3.03. The molecule has 0 spiro atoms. The van der Waals surface area contributed by atoms with Crippen molar-refractivity contribution in [3.05, 3.63) is 58.9 Å². The fourth-order valence-corrected chi connectivity index (χ4v) is 3.07. The van der Waals surface area contributed by atoms with Gasteiger partial charge in [0.2, 0.25) is 5.75 Å². The van der Waals surface area contributed by atoms with E-state index in [0.29, 0.717) is 28.4 Å². The van der Waals surface area contributed by atoms with Gasteiger partial charge in [-0.1, -0.05) is 5.76 Å². The van der Waals surface area contributed by atoms with Crippen LogP contribution in [-0.4, -0.2) is 51.5 Å². The fourth-order valence-electron chi connectivity index (χ4n) is 3.07. The highest BCUT2D eigenvalue weighted by Crippen LogP contribution is 2.44. The van der Waals surface area contributed by atoms with E-state index in [2.05, 4.69) is 0 Å². The van der Waals surface area contributed by atoms with Crippen molar-refractivity contribution in [2.45, 2.75) is 0 Å². The van der Waals surface area contributed by atoms with Crippen LogP contribution in [0.5, 0.6) is 17.2 Å². The molecule has 0 aliphatic heterocycles. The minimum Gasteiger partial charge on any atom is -0.871 e. The van der Waals surface area contributed by atoms with E-state index in [0.717, 1.165) is 5.71 Å². The van der Waals surface area contributed by atoms with Gasteiger partial charge in [-0.2, -0.15) is 0 Å². The van der Waals surface area contributed by atoms with Crippen LogP contribution >= 0.6 is 0 Å². The van der Waals surface area contributed by atoms with Gasteiger partial charge in [-0.05, 0) is 35.4 Å². The summed E-state index contributed by atoms with van der Waals surface area (Å²) in [6.45, 7) is 0. The minimum atomic E-state index is -0.285. The molecule has 0 N–H and O–H groups in total. The number of benzene rings is 1. The van der Waals surface area contributed by atoms with E-state index in [9.17, 15) is 9.90 Å². The summed E-state index contributed by atoms with van der Waals surface area (Å²) >= 11 is 0. The Kier molecular flexibility index (Phi) is 4.90. The molecule has 2 aliphatic carbocycles. The highest BCUT2D eigenvalue weighted by Gasteiger charge is 2.32. The van der Waals surface area contributed by atoms with Gasteiger partial charge in [-0.15, -0.1) is 0 Å². The smallest absolute Gasteiger partial charge is 0.203 e. The number of ether oxygens (including phenoxy) is 3. The van der Waals surface area contributed by atoms with Gasteiger partial charge in [0.1, 0.15) is 14.1 Å². The molecule has 0 atom stereocenters. The normalized spacial score (nSPS) is 15.9. The van der Waals surface area contributed by atoms with Crippen LogP contribution in [0.1, 0.15) is 5.56 Å². The van der Waals surface area contributed by atoms with Crippen molar-refractivity contribution in [3.63, 3.8) is 0 Å². The molecule has 0 saturated carbocycles. The Hall–Kier alpha value is -3.28. The van der Waals surface area contributed by atoms with E-state index in [1.807, 2.05) is 30.8 Å². The summed E-state index contributed by atoms with van der Waals surface area (Å²) in [5.74, 6) is 0.623. The zero-order chi connectivity index (χ0) is 19.7. The van der Waals surface area contributed by atoms with E-state index in [1.165, 1.54) is 21.3 Å². The SMILES string of the molecule is COc1cc(C2=C([O-])C(=C3C=CC(=[N+](C)C)C=C3)C2=O)cc(OC)c1OC. The molecular weight excluding hydrogens is 346 g/mol. The molecular formula is C21H21NO5. The van der Waals surface area contributed by atoms with Gasteiger partial charge in [-0.25, -0.2) is 4.58 Å². The van der Waals surface area contributed by atoms with Crippen LogP contribution in [0.15, 0.2) is 53.3 Å². The summed E-state index contributed by atoms with van der Waals surface area (Å²) in [6, 6.07) is 3.22.